The quantitative estimate of drug-likeness (QED) is 0.196. The Balaban J connectivity index is 1.36. The van der Waals surface area contributed by atoms with Gasteiger partial charge in [-0.2, -0.15) is 5.10 Å². The van der Waals surface area contributed by atoms with Crippen molar-refractivity contribution in [1.82, 2.24) is 19.3 Å². The second kappa shape index (κ2) is 11.3. The van der Waals surface area contributed by atoms with Gasteiger partial charge in [-0.25, -0.2) is 9.67 Å². The zero-order chi connectivity index (χ0) is 25.8. The minimum atomic E-state index is -0.275. The summed E-state index contributed by atoms with van der Waals surface area (Å²) in [6.45, 7) is 0.309. The van der Waals surface area contributed by atoms with Crippen molar-refractivity contribution in [2.75, 3.05) is 10.6 Å². The number of nitrogens with zero attached hydrogens (tertiary/aromatic N) is 4. The van der Waals surface area contributed by atoms with Crippen LogP contribution in [0.5, 0.6) is 0 Å². The van der Waals surface area contributed by atoms with E-state index in [1.807, 2.05) is 64.5 Å². The lowest BCUT2D eigenvalue weighted by Crippen LogP contribution is -2.19. The summed E-state index contributed by atoms with van der Waals surface area (Å²) in [7, 11) is 0. The number of carbonyl (C=O) groups excluding carboxylic acids is 1. The number of hydrogen-bond acceptors (Lipinski definition) is 6. The van der Waals surface area contributed by atoms with E-state index < -0.39 is 0 Å². The van der Waals surface area contributed by atoms with Crippen LogP contribution in [-0.4, -0.2) is 25.2 Å². The normalized spacial score (nSPS) is 10.9. The zero-order valence-corrected chi connectivity index (χ0v) is 22.4. The summed E-state index contributed by atoms with van der Waals surface area (Å²) in [6, 6.07) is 24.5. The summed E-state index contributed by atoms with van der Waals surface area (Å²) >= 11 is 19.2. The van der Waals surface area contributed by atoms with E-state index >= 15 is 0 Å². The summed E-state index contributed by atoms with van der Waals surface area (Å²) in [4.78, 5) is 17.4. The number of amides is 1. The molecule has 0 saturated heterocycles. The van der Waals surface area contributed by atoms with Gasteiger partial charge in [-0.15, -0.1) is 11.3 Å². The third-order valence-electron chi connectivity index (χ3n) is 5.40. The van der Waals surface area contributed by atoms with Gasteiger partial charge in [0.2, 0.25) is 10.7 Å². The van der Waals surface area contributed by atoms with E-state index in [0.29, 0.717) is 32.3 Å². The summed E-state index contributed by atoms with van der Waals surface area (Å²) in [6.07, 6.45) is 0. The average Bonchev–Trinajstić information content (AvgIpc) is 3.49. The molecule has 3 aromatic carbocycles. The maximum atomic E-state index is 12.9. The molecule has 2 heterocycles. The van der Waals surface area contributed by atoms with E-state index in [4.69, 9.17) is 35.4 Å². The lowest BCUT2D eigenvalue weighted by Gasteiger charge is -2.09. The lowest BCUT2D eigenvalue weighted by molar-refractivity contribution is -0.116. The molecule has 0 saturated carbocycles. The lowest BCUT2D eigenvalue weighted by atomic mass is 10.2. The molecule has 0 radical (unpaired) electrons. The highest BCUT2D eigenvalue weighted by Crippen LogP contribution is 2.25. The van der Waals surface area contributed by atoms with E-state index in [0.717, 1.165) is 22.6 Å². The minimum Gasteiger partial charge on any atom is -0.378 e. The summed E-state index contributed by atoms with van der Waals surface area (Å²) in [5.74, 6) is 0.360. The van der Waals surface area contributed by atoms with Gasteiger partial charge in [0, 0.05) is 32.4 Å². The molecule has 2 aromatic heterocycles. The van der Waals surface area contributed by atoms with Crippen molar-refractivity contribution in [1.29, 1.82) is 0 Å². The van der Waals surface area contributed by atoms with Crippen molar-refractivity contribution in [3.8, 4) is 16.9 Å². The monoisotopic (exact) mass is 566 g/mol. The van der Waals surface area contributed by atoms with Gasteiger partial charge in [0.05, 0.1) is 12.2 Å². The number of aromatic nitrogens is 4. The number of thiazole rings is 1. The van der Waals surface area contributed by atoms with Gasteiger partial charge < -0.3 is 10.6 Å². The van der Waals surface area contributed by atoms with Crippen molar-refractivity contribution in [2.45, 2.75) is 13.1 Å². The SMILES string of the molecule is O=C(Cn1nc(CNc2ccc(Cl)cc2)n(-c2ccc(Cl)cc2)c1=S)Nc1nc(-c2ccccc2)cs1. The van der Waals surface area contributed by atoms with Crippen LogP contribution in [0.1, 0.15) is 5.82 Å². The van der Waals surface area contributed by atoms with Crippen LogP contribution in [0, 0.1) is 4.77 Å². The number of anilines is 2. The highest BCUT2D eigenvalue weighted by atomic mass is 35.5. The number of rotatable bonds is 8. The summed E-state index contributed by atoms with van der Waals surface area (Å²) in [5, 5.41) is 14.5. The highest BCUT2D eigenvalue weighted by Gasteiger charge is 2.16. The van der Waals surface area contributed by atoms with Gasteiger partial charge in [0.1, 0.15) is 6.54 Å². The third kappa shape index (κ3) is 6.08. The molecule has 5 rings (SSSR count). The highest BCUT2D eigenvalue weighted by molar-refractivity contribution is 7.71. The van der Waals surface area contributed by atoms with Gasteiger partial charge in [-0.3, -0.25) is 9.36 Å². The number of hydrogen-bond donors (Lipinski definition) is 2. The van der Waals surface area contributed by atoms with E-state index in [-0.39, 0.29) is 12.5 Å². The van der Waals surface area contributed by atoms with Crippen LogP contribution < -0.4 is 10.6 Å². The number of benzene rings is 3. The Bertz CT molecular complexity index is 1580. The molecular weight excluding hydrogens is 547 g/mol. The number of nitrogens with one attached hydrogen (secondary N) is 2. The Morgan fingerprint density at radius 3 is 2.32 bits per heavy atom. The van der Waals surface area contributed by atoms with Crippen LogP contribution in [0.4, 0.5) is 10.8 Å². The van der Waals surface area contributed by atoms with Crippen LogP contribution in [0.15, 0.2) is 84.2 Å². The molecule has 11 heteroatoms. The molecule has 1 amide bonds. The smallest absolute Gasteiger partial charge is 0.248 e. The molecule has 0 aliphatic rings. The predicted octanol–water partition coefficient (Wildman–Crippen LogP) is 7.08. The molecule has 2 N–H and O–H groups in total. The molecular formula is C26H20Cl2N6OS2. The van der Waals surface area contributed by atoms with Crippen molar-refractivity contribution < 1.29 is 4.79 Å². The van der Waals surface area contributed by atoms with Gasteiger partial charge in [-0.1, -0.05) is 53.5 Å². The standard InChI is InChI=1S/C26H20Cl2N6OS2/c27-18-6-10-20(11-7-18)29-14-23-32-33(26(36)34(23)21-12-8-19(28)9-13-21)15-24(35)31-25-30-22(16-37-25)17-4-2-1-3-5-17/h1-13,16,29H,14-15H2,(H,30,31,35). The molecule has 0 atom stereocenters. The van der Waals surface area contributed by atoms with E-state index in [2.05, 4.69) is 20.7 Å². The molecule has 5 aromatic rings. The molecule has 0 bridgehead atoms. The van der Waals surface area contributed by atoms with Gasteiger partial charge in [0.15, 0.2) is 11.0 Å². The first-order valence-electron chi connectivity index (χ1n) is 11.2. The van der Waals surface area contributed by atoms with Crippen LogP contribution in [0.2, 0.25) is 10.0 Å². The Morgan fingerprint density at radius 1 is 0.946 bits per heavy atom. The Hall–Kier alpha value is -3.50. The first-order chi connectivity index (χ1) is 18.0. The number of halogens is 2. The maximum Gasteiger partial charge on any atom is 0.248 e. The second-order valence-corrected chi connectivity index (χ2v) is 10.1. The largest absolute Gasteiger partial charge is 0.378 e. The van der Waals surface area contributed by atoms with Crippen LogP contribution in [0.3, 0.4) is 0 Å². The first-order valence-corrected chi connectivity index (χ1v) is 13.3. The summed E-state index contributed by atoms with van der Waals surface area (Å²) < 4.78 is 3.71. The fourth-order valence-electron chi connectivity index (χ4n) is 3.64. The molecule has 37 heavy (non-hydrogen) atoms. The zero-order valence-electron chi connectivity index (χ0n) is 19.3. The Labute approximate surface area is 232 Å². The van der Waals surface area contributed by atoms with E-state index in [9.17, 15) is 4.79 Å². The van der Waals surface area contributed by atoms with E-state index in [1.165, 1.54) is 16.0 Å². The molecule has 0 aliphatic heterocycles. The van der Waals surface area contributed by atoms with Crippen molar-refractivity contribution in [2.24, 2.45) is 0 Å². The molecule has 0 unspecified atom stereocenters. The Kier molecular flexibility index (Phi) is 7.66. The Morgan fingerprint density at radius 2 is 1.62 bits per heavy atom. The number of carbonyl (C=O) groups is 1. The predicted molar refractivity (Wildman–Crippen MR) is 152 cm³/mol. The molecule has 0 aliphatic carbocycles. The first kappa shape index (κ1) is 25.2. The fraction of sp³-hybridized carbons (Fsp3) is 0.0769. The van der Waals surface area contributed by atoms with Gasteiger partial charge in [-0.05, 0) is 60.7 Å². The van der Waals surface area contributed by atoms with Crippen LogP contribution in [0.25, 0.3) is 16.9 Å². The van der Waals surface area contributed by atoms with Crippen molar-refractivity contribution in [3.05, 3.63) is 105 Å². The molecule has 186 valence electrons. The van der Waals surface area contributed by atoms with Crippen molar-refractivity contribution in [3.63, 3.8) is 0 Å². The van der Waals surface area contributed by atoms with Gasteiger partial charge >= 0.3 is 0 Å². The molecule has 7 nitrogen and oxygen atoms in total. The summed E-state index contributed by atoms with van der Waals surface area (Å²) in [5.41, 5.74) is 3.46. The topological polar surface area (TPSA) is 76.8 Å². The third-order valence-corrected chi connectivity index (χ3v) is 7.05. The van der Waals surface area contributed by atoms with E-state index in [1.54, 1.807) is 24.3 Å². The van der Waals surface area contributed by atoms with Crippen LogP contribution in [-0.2, 0) is 17.9 Å². The molecule has 0 fully saturated rings. The minimum absolute atomic E-state index is 0.0619. The maximum absolute atomic E-state index is 12.9. The van der Waals surface area contributed by atoms with Crippen LogP contribution >= 0.6 is 46.8 Å². The van der Waals surface area contributed by atoms with Crippen molar-refractivity contribution >= 4 is 63.5 Å². The second-order valence-electron chi connectivity index (χ2n) is 7.98. The fourth-order valence-corrected chi connectivity index (χ4v) is 4.94. The molecule has 0 spiro atoms. The average molecular weight is 568 g/mol. The van der Waals surface area contributed by atoms with Gasteiger partial charge in [0.25, 0.3) is 0 Å².